The number of amides is 1. The van der Waals surface area contributed by atoms with Gasteiger partial charge >= 0.3 is 5.97 Å². The Morgan fingerprint density at radius 2 is 1.81 bits per heavy atom. The van der Waals surface area contributed by atoms with Crippen LogP contribution in [0.2, 0.25) is 0 Å². The molecule has 0 fully saturated rings. The van der Waals surface area contributed by atoms with Crippen LogP contribution in [0.15, 0.2) is 40.9 Å². The minimum atomic E-state index is -1.21. The zero-order valence-corrected chi connectivity index (χ0v) is 12.1. The molecule has 2 rings (SSSR count). The predicted molar refractivity (Wildman–Crippen MR) is 79.9 cm³/mol. The van der Waals surface area contributed by atoms with Crippen molar-refractivity contribution in [3.63, 3.8) is 0 Å². The third kappa shape index (κ3) is 3.38. The quantitative estimate of drug-likeness (QED) is 0.740. The fourth-order valence-corrected chi connectivity index (χ4v) is 1.88. The van der Waals surface area contributed by atoms with Crippen molar-refractivity contribution in [1.82, 2.24) is 0 Å². The topological polar surface area (TPSA) is 92.4 Å². The first kappa shape index (κ1) is 15.0. The van der Waals surface area contributed by atoms with Crippen LogP contribution in [0.1, 0.15) is 20.7 Å². The number of benzene rings is 2. The molecule has 0 radical (unpaired) electrons. The Morgan fingerprint density at radius 1 is 1.14 bits per heavy atom. The lowest BCUT2D eigenvalue weighted by Gasteiger charge is -2.08. The van der Waals surface area contributed by atoms with E-state index < -0.39 is 17.7 Å². The van der Waals surface area contributed by atoms with E-state index in [1.165, 1.54) is 12.1 Å². The molecule has 1 amide bonds. The van der Waals surface area contributed by atoms with E-state index in [1.807, 2.05) is 0 Å². The van der Waals surface area contributed by atoms with Gasteiger partial charge in [0, 0.05) is 15.7 Å². The number of carbonyl (C=O) groups excluding carboxylic acids is 1. The molecule has 0 bridgehead atoms. The summed E-state index contributed by atoms with van der Waals surface area (Å²) in [5.41, 5.74) is 5.93. The average molecular weight is 353 g/mol. The molecule has 0 aromatic heterocycles. The summed E-state index contributed by atoms with van der Waals surface area (Å²) in [5.74, 6) is -2.52. The monoisotopic (exact) mass is 352 g/mol. The van der Waals surface area contributed by atoms with Gasteiger partial charge in [0.1, 0.15) is 5.82 Å². The van der Waals surface area contributed by atoms with Gasteiger partial charge < -0.3 is 16.2 Å². The smallest absolute Gasteiger partial charge is 0.335 e. The van der Waals surface area contributed by atoms with E-state index in [2.05, 4.69) is 21.2 Å². The number of nitrogens with two attached hydrogens (primary N) is 1. The lowest BCUT2D eigenvalue weighted by Crippen LogP contribution is -2.14. The summed E-state index contributed by atoms with van der Waals surface area (Å²) in [6.07, 6.45) is 0. The average Bonchev–Trinajstić information content (AvgIpc) is 2.43. The van der Waals surface area contributed by atoms with Gasteiger partial charge in [-0.25, -0.2) is 9.18 Å². The number of halogens is 2. The maximum absolute atomic E-state index is 13.6. The number of aromatic carboxylic acids is 1. The van der Waals surface area contributed by atoms with Gasteiger partial charge in [-0.3, -0.25) is 4.79 Å². The van der Waals surface area contributed by atoms with Gasteiger partial charge in [-0.1, -0.05) is 0 Å². The Morgan fingerprint density at radius 3 is 2.43 bits per heavy atom. The Hall–Kier alpha value is -2.41. The first-order valence-electron chi connectivity index (χ1n) is 5.77. The first-order chi connectivity index (χ1) is 9.88. The third-order valence-electron chi connectivity index (χ3n) is 2.72. The van der Waals surface area contributed by atoms with Crippen molar-refractivity contribution >= 4 is 39.2 Å². The molecule has 108 valence electrons. The van der Waals surface area contributed by atoms with Crippen LogP contribution in [0.3, 0.4) is 0 Å². The fourth-order valence-electron chi connectivity index (χ4n) is 1.63. The number of carboxylic acids is 1. The van der Waals surface area contributed by atoms with Gasteiger partial charge in [0.05, 0.1) is 11.3 Å². The first-order valence-corrected chi connectivity index (χ1v) is 6.57. The van der Waals surface area contributed by atoms with Crippen molar-refractivity contribution in [2.24, 2.45) is 0 Å². The van der Waals surface area contributed by atoms with Crippen LogP contribution in [0.25, 0.3) is 0 Å². The van der Waals surface area contributed by atoms with E-state index in [1.54, 1.807) is 6.07 Å². The molecule has 0 saturated carbocycles. The summed E-state index contributed by atoms with van der Waals surface area (Å²) in [6.45, 7) is 0. The molecule has 5 nitrogen and oxygen atoms in total. The second-order valence-corrected chi connectivity index (χ2v) is 5.04. The van der Waals surface area contributed by atoms with Gasteiger partial charge in [-0.15, -0.1) is 0 Å². The van der Waals surface area contributed by atoms with E-state index in [0.29, 0.717) is 10.2 Å². The van der Waals surface area contributed by atoms with Crippen LogP contribution in [0.5, 0.6) is 0 Å². The van der Waals surface area contributed by atoms with E-state index in [4.69, 9.17) is 10.8 Å². The minimum Gasteiger partial charge on any atom is -0.478 e. The zero-order chi connectivity index (χ0) is 15.6. The maximum atomic E-state index is 13.6. The summed E-state index contributed by atoms with van der Waals surface area (Å²) in [4.78, 5) is 22.9. The lowest BCUT2D eigenvalue weighted by molar-refractivity contribution is 0.0696. The summed E-state index contributed by atoms with van der Waals surface area (Å²) in [5, 5.41) is 11.2. The molecular formula is C14H10BrFN2O3. The van der Waals surface area contributed by atoms with Gasteiger partial charge in [0.25, 0.3) is 5.91 Å². The molecule has 0 saturated heterocycles. The molecule has 0 aliphatic rings. The van der Waals surface area contributed by atoms with Crippen LogP contribution in [-0.4, -0.2) is 17.0 Å². The highest BCUT2D eigenvalue weighted by Crippen LogP contribution is 2.22. The van der Waals surface area contributed by atoms with Crippen LogP contribution < -0.4 is 11.1 Å². The van der Waals surface area contributed by atoms with Gasteiger partial charge in [-0.2, -0.15) is 0 Å². The number of carboxylic acid groups (broad SMARTS) is 1. The Balaban J connectivity index is 2.28. The van der Waals surface area contributed by atoms with Crippen molar-refractivity contribution < 1.29 is 19.1 Å². The van der Waals surface area contributed by atoms with Crippen molar-refractivity contribution in [2.75, 3.05) is 11.1 Å². The molecule has 0 aliphatic heterocycles. The molecule has 0 unspecified atom stereocenters. The predicted octanol–water partition coefficient (Wildman–Crippen LogP) is 3.12. The van der Waals surface area contributed by atoms with Gasteiger partial charge in [0.15, 0.2) is 0 Å². The van der Waals surface area contributed by atoms with E-state index in [-0.39, 0.29) is 16.8 Å². The highest BCUT2D eigenvalue weighted by molar-refractivity contribution is 9.10. The van der Waals surface area contributed by atoms with Crippen molar-refractivity contribution in [3.05, 3.63) is 57.8 Å². The minimum absolute atomic E-state index is 0.123. The van der Waals surface area contributed by atoms with Crippen LogP contribution >= 0.6 is 15.9 Å². The summed E-state index contributed by atoms with van der Waals surface area (Å²) in [6, 6.07) is 7.68. The molecule has 2 aromatic rings. The van der Waals surface area contributed by atoms with Crippen LogP contribution in [-0.2, 0) is 0 Å². The van der Waals surface area contributed by atoms with Crippen LogP contribution in [0, 0.1) is 5.82 Å². The van der Waals surface area contributed by atoms with E-state index >= 15 is 0 Å². The Kier molecular flexibility index (Phi) is 4.23. The maximum Gasteiger partial charge on any atom is 0.335 e. The normalized spacial score (nSPS) is 10.2. The highest BCUT2D eigenvalue weighted by atomic mass is 79.9. The summed E-state index contributed by atoms with van der Waals surface area (Å²) < 4.78 is 14.2. The summed E-state index contributed by atoms with van der Waals surface area (Å²) >= 11 is 3.20. The molecule has 21 heavy (non-hydrogen) atoms. The number of anilines is 2. The second-order valence-electron chi connectivity index (χ2n) is 4.19. The Bertz CT molecular complexity index is 734. The lowest BCUT2D eigenvalue weighted by atomic mass is 10.1. The number of carbonyl (C=O) groups is 2. The zero-order valence-electron chi connectivity index (χ0n) is 10.6. The van der Waals surface area contributed by atoms with E-state index in [0.717, 1.165) is 18.2 Å². The molecule has 7 heteroatoms. The number of hydrogen-bond acceptors (Lipinski definition) is 3. The van der Waals surface area contributed by atoms with Gasteiger partial charge in [0.2, 0.25) is 0 Å². The Labute approximate surface area is 127 Å². The molecule has 0 aliphatic carbocycles. The number of nitrogens with one attached hydrogen (secondary N) is 1. The third-order valence-corrected chi connectivity index (χ3v) is 3.44. The fraction of sp³-hybridized carbons (Fsp3) is 0. The SMILES string of the molecule is Nc1cc(C(=O)Nc2cc(C(=O)O)ccc2F)ccc1Br. The second kappa shape index (κ2) is 5.92. The molecule has 2 aromatic carbocycles. The molecule has 4 N–H and O–H groups in total. The molecule has 0 atom stereocenters. The van der Waals surface area contributed by atoms with Gasteiger partial charge in [-0.05, 0) is 52.3 Å². The highest BCUT2D eigenvalue weighted by Gasteiger charge is 2.13. The van der Waals surface area contributed by atoms with E-state index in [9.17, 15) is 14.0 Å². The number of hydrogen-bond donors (Lipinski definition) is 3. The van der Waals surface area contributed by atoms with Crippen molar-refractivity contribution in [2.45, 2.75) is 0 Å². The van der Waals surface area contributed by atoms with Crippen molar-refractivity contribution in [1.29, 1.82) is 0 Å². The molecule has 0 spiro atoms. The standard InChI is InChI=1S/C14H10BrFN2O3/c15-9-3-1-7(5-11(9)17)13(19)18-12-6-8(14(20)21)2-4-10(12)16/h1-6H,17H2,(H,18,19)(H,20,21). The summed E-state index contributed by atoms with van der Waals surface area (Å²) in [7, 11) is 0. The van der Waals surface area contributed by atoms with Crippen molar-refractivity contribution in [3.8, 4) is 0 Å². The molecular weight excluding hydrogens is 343 g/mol. The number of nitrogen functional groups attached to an aromatic ring is 1. The number of rotatable bonds is 3. The largest absolute Gasteiger partial charge is 0.478 e. The van der Waals surface area contributed by atoms with Crippen LogP contribution in [0.4, 0.5) is 15.8 Å². The molecule has 0 heterocycles.